The Labute approximate surface area is 105 Å². The topological polar surface area (TPSA) is 66.4 Å². The van der Waals surface area contributed by atoms with Crippen molar-refractivity contribution in [1.29, 1.82) is 0 Å². The minimum Gasteiger partial charge on any atom is -0.478 e. The van der Waals surface area contributed by atoms with Gasteiger partial charge in [-0.2, -0.15) is 0 Å². The van der Waals surface area contributed by atoms with E-state index in [-0.39, 0.29) is 11.8 Å². The molecule has 0 aromatic heterocycles. The number of aliphatic carboxylic acids is 1. The minimum atomic E-state index is -0.951. The number of benzene rings is 1. The normalized spacial score (nSPS) is 14.6. The molecule has 4 nitrogen and oxygen atoms in total. The van der Waals surface area contributed by atoms with Gasteiger partial charge in [0.05, 0.1) is 6.42 Å². The van der Waals surface area contributed by atoms with Crippen molar-refractivity contribution in [3.63, 3.8) is 0 Å². The first-order chi connectivity index (χ1) is 8.47. The van der Waals surface area contributed by atoms with E-state index in [1.807, 2.05) is 32.0 Å². The molecule has 0 atom stereocenters. The third kappa shape index (κ3) is 2.42. The summed E-state index contributed by atoms with van der Waals surface area (Å²) in [4.78, 5) is 22.1. The van der Waals surface area contributed by atoms with Gasteiger partial charge in [0, 0.05) is 11.8 Å². The van der Waals surface area contributed by atoms with Crippen molar-refractivity contribution < 1.29 is 14.7 Å². The molecule has 0 aliphatic carbocycles. The third-order valence-electron chi connectivity index (χ3n) is 2.96. The highest BCUT2D eigenvalue weighted by atomic mass is 16.4. The average Bonchev–Trinajstić information content (AvgIpc) is 2.64. The van der Waals surface area contributed by atoms with Crippen LogP contribution in [0.15, 0.2) is 24.3 Å². The fourth-order valence-corrected chi connectivity index (χ4v) is 2.13. The molecule has 0 fully saturated rings. The number of hydrogen-bond acceptors (Lipinski definition) is 2. The molecule has 1 aromatic rings. The van der Waals surface area contributed by atoms with Gasteiger partial charge in [-0.3, -0.25) is 4.79 Å². The second kappa shape index (κ2) is 4.64. The summed E-state index contributed by atoms with van der Waals surface area (Å²) in [5.74, 6) is -0.854. The van der Waals surface area contributed by atoms with Crippen LogP contribution < -0.4 is 5.32 Å². The first kappa shape index (κ1) is 12.4. The van der Waals surface area contributed by atoms with Crippen molar-refractivity contribution in [3.05, 3.63) is 35.4 Å². The second-order valence-corrected chi connectivity index (χ2v) is 4.69. The van der Waals surface area contributed by atoms with Gasteiger partial charge in [-0.15, -0.1) is 0 Å². The number of hydrogen-bond donors (Lipinski definition) is 2. The van der Waals surface area contributed by atoms with E-state index in [4.69, 9.17) is 5.11 Å². The van der Waals surface area contributed by atoms with Crippen LogP contribution in [0.5, 0.6) is 0 Å². The minimum absolute atomic E-state index is 0.0181. The number of carboxylic acids is 1. The Morgan fingerprint density at radius 3 is 2.78 bits per heavy atom. The molecule has 0 saturated carbocycles. The molecule has 1 aromatic carbocycles. The average molecular weight is 245 g/mol. The van der Waals surface area contributed by atoms with Crippen LogP contribution in [0.4, 0.5) is 5.69 Å². The van der Waals surface area contributed by atoms with Crippen molar-refractivity contribution in [2.75, 3.05) is 5.32 Å². The highest BCUT2D eigenvalue weighted by Crippen LogP contribution is 2.29. The molecule has 18 heavy (non-hydrogen) atoms. The van der Waals surface area contributed by atoms with E-state index in [0.29, 0.717) is 6.42 Å². The molecule has 2 N–H and O–H groups in total. The molecule has 0 radical (unpaired) electrons. The molecule has 0 spiro atoms. The lowest BCUT2D eigenvalue weighted by atomic mass is 9.93. The highest BCUT2D eigenvalue weighted by Gasteiger charge is 2.19. The zero-order valence-corrected chi connectivity index (χ0v) is 10.4. The molecule has 94 valence electrons. The summed E-state index contributed by atoms with van der Waals surface area (Å²) in [7, 11) is 0. The standard InChI is InChI=1S/C14H15NO3/c1-8(2)11(7-14(17)18)9-3-4-12-10(5-9)6-13(16)15-12/h3-5,7-8H,6H2,1-2H3,(H,15,16)(H,17,18)/b11-7+. The van der Waals surface area contributed by atoms with Crippen LogP contribution in [0, 0.1) is 5.92 Å². The lowest BCUT2D eigenvalue weighted by Crippen LogP contribution is -2.03. The molecule has 0 saturated heterocycles. The Bertz CT molecular complexity index is 544. The number of fused-ring (bicyclic) bond motifs is 1. The van der Waals surface area contributed by atoms with Crippen molar-refractivity contribution in [2.45, 2.75) is 20.3 Å². The summed E-state index contributed by atoms with van der Waals surface area (Å²) in [6.45, 7) is 3.90. The van der Waals surface area contributed by atoms with Crippen molar-refractivity contribution in [3.8, 4) is 0 Å². The highest BCUT2D eigenvalue weighted by molar-refractivity contribution is 6.00. The fourth-order valence-electron chi connectivity index (χ4n) is 2.13. The van der Waals surface area contributed by atoms with Gasteiger partial charge in [-0.25, -0.2) is 4.79 Å². The van der Waals surface area contributed by atoms with Crippen molar-refractivity contribution in [1.82, 2.24) is 0 Å². The molecule has 1 aliphatic heterocycles. The van der Waals surface area contributed by atoms with Gasteiger partial charge < -0.3 is 10.4 Å². The van der Waals surface area contributed by atoms with E-state index in [2.05, 4.69) is 5.32 Å². The summed E-state index contributed by atoms with van der Waals surface area (Å²) >= 11 is 0. The molecule has 1 aliphatic rings. The van der Waals surface area contributed by atoms with E-state index in [1.54, 1.807) is 0 Å². The van der Waals surface area contributed by atoms with Crippen LogP contribution in [-0.4, -0.2) is 17.0 Å². The van der Waals surface area contributed by atoms with Crippen LogP contribution in [0.2, 0.25) is 0 Å². The quantitative estimate of drug-likeness (QED) is 0.803. The predicted octanol–water partition coefficient (Wildman–Crippen LogP) is 2.31. The largest absolute Gasteiger partial charge is 0.478 e. The lowest BCUT2D eigenvalue weighted by Gasteiger charge is -2.12. The summed E-state index contributed by atoms with van der Waals surface area (Å²) in [5, 5.41) is 11.6. The van der Waals surface area contributed by atoms with Crippen molar-refractivity contribution in [2.24, 2.45) is 5.92 Å². The molecule has 1 heterocycles. The number of carbonyl (C=O) groups excluding carboxylic acids is 1. The number of allylic oxidation sites excluding steroid dienone is 1. The van der Waals surface area contributed by atoms with Gasteiger partial charge in [0.1, 0.15) is 0 Å². The second-order valence-electron chi connectivity index (χ2n) is 4.69. The van der Waals surface area contributed by atoms with Crippen LogP contribution in [0.3, 0.4) is 0 Å². The molecule has 2 rings (SSSR count). The van der Waals surface area contributed by atoms with Gasteiger partial charge in [0.25, 0.3) is 0 Å². The molecule has 1 amide bonds. The third-order valence-corrected chi connectivity index (χ3v) is 2.96. The number of carbonyl (C=O) groups is 2. The Balaban J connectivity index is 2.42. The maximum atomic E-state index is 11.3. The number of anilines is 1. The van der Waals surface area contributed by atoms with Gasteiger partial charge in [-0.05, 0) is 34.8 Å². The zero-order chi connectivity index (χ0) is 13.3. The number of nitrogens with one attached hydrogen (secondary N) is 1. The predicted molar refractivity (Wildman–Crippen MR) is 69.2 cm³/mol. The summed E-state index contributed by atoms with van der Waals surface area (Å²) in [6, 6.07) is 5.56. The molecule has 4 heteroatoms. The molecular formula is C14H15NO3. The summed E-state index contributed by atoms with van der Waals surface area (Å²) in [6.07, 6.45) is 1.60. The van der Waals surface area contributed by atoms with E-state index in [9.17, 15) is 9.59 Å². The molecular weight excluding hydrogens is 230 g/mol. The smallest absolute Gasteiger partial charge is 0.328 e. The van der Waals surface area contributed by atoms with Crippen LogP contribution >= 0.6 is 0 Å². The Hall–Kier alpha value is -2.10. The fraction of sp³-hybridized carbons (Fsp3) is 0.286. The summed E-state index contributed by atoms with van der Waals surface area (Å²) < 4.78 is 0. The van der Waals surface area contributed by atoms with Gasteiger partial charge >= 0.3 is 5.97 Å². The van der Waals surface area contributed by atoms with Crippen molar-refractivity contribution >= 4 is 23.1 Å². The van der Waals surface area contributed by atoms with Gasteiger partial charge in [-0.1, -0.05) is 19.9 Å². The first-order valence-electron chi connectivity index (χ1n) is 5.85. The number of rotatable bonds is 3. The van der Waals surface area contributed by atoms with Crippen LogP contribution in [0.1, 0.15) is 25.0 Å². The maximum absolute atomic E-state index is 11.3. The van der Waals surface area contributed by atoms with E-state index >= 15 is 0 Å². The Morgan fingerprint density at radius 1 is 1.44 bits per heavy atom. The Kier molecular flexibility index (Phi) is 3.19. The zero-order valence-electron chi connectivity index (χ0n) is 10.4. The van der Waals surface area contributed by atoms with E-state index < -0.39 is 5.97 Å². The van der Waals surface area contributed by atoms with E-state index in [1.165, 1.54) is 6.08 Å². The lowest BCUT2D eigenvalue weighted by molar-refractivity contribution is -0.131. The summed E-state index contributed by atoms with van der Waals surface area (Å²) in [5.41, 5.74) is 3.38. The number of amides is 1. The van der Waals surface area contributed by atoms with Gasteiger partial charge in [0.15, 0.2) is 0 Å². The van der Waals surface area contributed by atoms with Gasteiger partial charge in [0.2, 0.25) is 5.91 Å². The maximum Gasteiger partial charge on any atom is 0.328 e. The monoisotopic (exact) mass is 245 g/mol. The van der Waals surface area contributed by atoms with Crippen LogP contribution in [0.25, 0.3) is 5.57 Å². The Morgan fingerprint density at radius 2 is 2.17 bits per heavy atom. The van der Waals surface area contributed by atoms with E-state index in [0.717, 1.165) is 22.4 Å². The molecule has 0 unspecified atom stereocenters. The first-order valence-corrected chi connectivity index (χ1v) is 5.85. The number of carboxylic acid groups (broad SMARTS) is 1. The molecule has 0 bridgehead atoms. The SMILES string of the molecule is CC(C)/C(=C\C(=O)O)c1ccc2c(c1)CC(=O)N2. The van der Waals surface area contributed by atoms with Crippen LogP contribution in [-0.2, 0) is 16.0 Å².